The van der Waals surface area contributed by atoms with Crippen molar-refractivity contribution in [2.45, 2.75) is 38.5 Å². The minimum Gasteiger partial charge on any atom is -0.342 e. The molecule has 3 aromatic rings. The zero-order valence-corrected chi connectivity index (χ0v) is 15.6. The van der Waals surface area contributed by atoms with Gasteiger partial charge in [-0.2, -0.15) is 0 Å². The number of non-ortho nitro benzene ring substituents is 1. The average Bonchev–Trinajstić information content (AvgIpc) is 3.45. The number of nitrogens with one attached hydrogen (secondary N) is 1. The van der Waals surface area contributed by atoms with Gasteiger partial charge in [0.25, 0.3) is 5.69 Å². The Morgan fingerprint density at radius 1 is 1.00 bits per heavy atom. The van der Waals surface area contributed by atoms with Crippen molar-refractivity contribution >= 4 is 5.69 Å². The van der Waals surface area contributed by atoms with Crippen LogP contribution in [0.25, 0.3) is 0 Å². The second-order valence-electron chi connectivity index (χ2n) is 7.46. The van der Waals surface area contributed by atoms with E-state index in [9.17, 15) is 14.5 Å². The maximum absolute atomic E-state index is 13.1. The van der Waals surface area contributed by atoms with Crippen LogP contribution < -0.4 is 4.90 Å². The number of nitro groups is 1. The molecule has 1 aliphatic carbocycles. The standard InChI is InChI=1S/C22H22FN3O2/c23-19-7-3-17(4-8-19)14-24-13-1-2-22(24)16-25(20-11-12-20)15-18-5-9-21(10-6-18)26(27)28/h1-10,13,20H,11-12,14-16H2/p+1. The van der Waals surface area contributed by atoms with Crippen molar-refractivity contribution < 1.29 is 14.2 Å². The lowest BCUT2D eigenvalue weighted by molar-refractivity contribution is -0.938. The average molecular weight is 380 g/mol. The molecule has 1 atom stereocenters. The topological polar surface area (TPSA) is 52.5 Å². The maximum Gasteiger partial charge on any atom is 0.269 e. The van der Waals surface area contributed by atoms with E-state index in [-0.39, 0.29) is 16.4 Å². The Bertz CT molecular complexity index is 947. The van der Waals surface area contributed by atoms with Gasteiger partial charge in [-0.05, 0) is 42.0 Å². The lowest BCUT2D eigenvalue weighted by Gasteiger charge is -2.20. The summed E-state index contributed by atoms with van der Waals surface area (Å²) >= 11 is 0. The third-order valence-corrected chi connectivity index (χ3v) is 5.33. The third kappa shape index (κ3) is 4.46. The number of nitrogens with zero attached hydrogens (tertiary/aromatic N) is 2. The van der Waals surface area contributed by atoms with Gasteiger partial charge < -0.3 is 9.47 Å². The zero-order valence-electron chi connectivity index (χ0n) is 15.6. The van der Waals surface area contributed by atoms with Gasteiger partial charge in [-0.15, -0.1) is 0 Å². The van der Waals surface area contributed by atoms with Gasteiger partial charge in [0, 0.05) is 43.3 Å². The summed E-state index contributed by atoms with van der Waals surface area (Å²) in [6, 6.07) is 18.3. The van der Waals surface area contributed by atoms with Gasteiger partial charge in [-0.3, -0.25) is 10.1 Å². The predicted octanol–water partition coefficient (Wildman–Crippen LogP) is 3.33. The molecule has 0 saturated heterocycles. The van der Waals surface area contributed by atoms with E-state index in [1.165, 1.54) is 35.6 Å². The molecule has 1 fully saturated rings. The minimum atomic E-state index is -0.363. The lowest BCUT2D eigenvalue weighted by Crippen LogP contribution is -3.10. The Morgan fingerprint density at radius 3 is 2.32 bits per heavy atom. The first-order valence-electron chi connectivity index (χ1n) is 9.55. The molecular weight excluding hydrogens is 357 g/mol. The summed E-state index contributed by atoms with van der Waals surface area (Å²) in [4.78, 5) is 12.0. The molecule has 1 aromatic heterocycles. The second-order valence-corrected chi connectivity index (χ2v) is 7.46. The van der Waals surface area contributed by atoms with Crippen molar-refractivity contribution in [2.75, 3.05) is 0 Å². The number of halogens is 1. The molecule has 1 heterocycles. The monoisotopic (exact) mass is 380 g/mol. The highest BCUT2D eigenvalue weighted by atomic mass is 19.1. The van der Waals surface area contributed by atoms with Crippen molar-refractivity contribution in [3.8, 4) is 0 Å². The summed E-state index contributed by atoms with van der Waals surface area (Å²) in [5.41, 5.74) is 3.56. The van der Waals surface area contributed by atoms with Crippen LogP contribution in [0.5, 0.6) is 0 Å². The third-order valence-electron chi connectivity index (χ3n) is 5.33. The first-order valence-corrected chi connectivity index (χ1v) is 9.55. The zero-order chi connectivity index (χ0) is 19.5. The molecule has 0 bridgehead atoms. The highest BCUT2D eigenvalue weighted by molar-refractivity contribution is 5.32. The maximum atomic E-state index is 13.1. The molecule has 5 nitrogen and oxygen atoms in total. The van der Waals surface area contributed by atoms with Crippen LogP contribution in [0.1, 0.15) is 29.7 Å². The van der Waals surface area contributed by atoms with Gasteiger partial charge in [-0.1, -0.05) is 12.1 Å². The summed E-state index contributed by atoms with van der Waals surface area (Å²) in [5.74, 6) is -0.219. The van der Waals surface area contributed by atoms with E-state index >= 15 is 0 Å². The Morgan fingerprint density at radius 2 is 1.68 bits per heavy atom. The van der Waals surface area contributed by atoms with Crippen LogP contribution in [0, 0.1) is 15.9 Å². The van der Waals surface area contributed by atoms with Crippen LogP contribution in [0.3, 0.4) is 0 Å². The number of benzene rings is 2. The molecule has 2 aromatic carbocycles. The van der Waals surface area contributed by atoms with Crippen molar-refractivity contribution in [2.24, 2.45) is 0 Å². The fourth-order valence-electron chi connectivity index (χ4n) is 3.62. The molecule has 4 rings (SSSR count). The van der Waals surface area contributed by atoms with Crippen molar-refractivity contribution in [3.63, 3.8) is 0 Å². The normalized spacial score (nSPS) is 14.8. The summed E-state index contributed by atoms with van der Waals surface area (Å²) in [6.45, 7) is 2.47. The van der Waals surface area contributed by atoms with Crippen molar-refractivity contribution in [3.05, 3.63) is 99.6 Å². The fraction of sp³-hybridized carbons (Fsp3) is 0.273. The van der Waals surface area contributed by atoms with Gasteiger partial charge >= 0.3 is 0 Å². The predicted molar refractivity (Wildman–Crippen MR) is 104 cm³/mol. The van der Waals surface area contributed by atoms with E-state index in [1.54, 1.807) is 12.1 Å². The van der Waals surface area contributed by atoms with Crippen molar-refractivity contribution in [1.29, 1.82) is 0 Å². The number of aromatic nitrogens is 1. The largest absolute Gasteiger partial charge is 0.342 e. The number of nitro benzene ring substituents is 1. The van der Waals surface area contributed by atoms with Crippen LogP contribution in [0.2, 0.25) is 0 Å². The van der Waals surface area contributed by atoms with Gasteiger partial charge in [0.15, 0.2) is 0 Å². The molecule has 144 valence electrons. The molecule has 0 spiro atoms. The summed E-state index contributed by atoms with van der Waals surface area (Å²) in [5, 5.41) is 10.8. The van der Waals surface area contributed by atoms with Gasteiger partial charge in [-0.25, -0.2) is 4.39 Å². The molecule has 0 amide bonds. The Hall–Kier alpha value is -2.99. The molecule has 1 saturated carbocycles. The molecule has 1 unspecified atom stereocenters. The highest BCUT2D eigenvalue weighted by Crippen LogP contribution is 2.18. The van der Waals surface area contributed by atoms with E-state index in [2.05, 4.69) is 22.9 Å². The Balaban J connectivity index is 1.46. The van der Waals surface area contributed by atoms with Gasteiger partial charge in [0.2, 0.25) is 0 Å². The summed E-state index contributed by atoms with van der Waals surface area (Å²) in [6.07, 6.45) is 4.51. The fourth-order valence-corrected chi connectivity index (χ4v) is 3.62. The van der Waals surface area contributed by atoms with E-state index in [4.69, 9.17) is 0 Å². The van der Waals surface area contributed by atoms with Crippen LogP contribution in [-0.4, -0.2) is 15.5 Å². The Labute approximate surface area is 163 Å². The SMILES string of the molecule is O=[N+]([O-])c1ccc(C[NH+](Cc2cccn2Cc2ccc(F)cc2)C2CC2)cc1. The number of hydrogen-bond donors (Lipinski definition) is 1. The lowest BCUT2D eigenvalue weighted by atomic mass is 10.2. The minimum absolute atomic E-state index is 0.130. The molecule has 0 aliphatic heterocycles. The van der Waals surface area contributed by atoms with E-state index in [0.717, 1.165) is 30.8 Å². The van der Waals surface area contributed by atoms with Crippen LogP contribution >= 0.6 is 0 Å². The number of hydrogen-bond acceptors (Lipinski definition) is 2. The molecular formula is C22H23FN3O2+. The van der Waals surface area contributed by atoms with E-state index < -0.39 is 0 Å². The van der Waals surface area contributed by atoms with Gasteiger partial charge in [0.1, 0.15) is 18.9 Å². The molecule has 28 heavy (non-hydrogen) atoms. The van der Waals surface area contributed by atoms with Crippen LogP contribution in [0.4, 0.5) is 10.1 Å². The van der Waals surface area contributed by atoms with E-state index in [1.807, 2.05) is 24.3 Å². The van der Waals surface area contributed by atoms with Crippen LogP contribution in [0.15, 0.2) is 66.9 Å². The number of quaternary nitrogens is 1. The smallest absolute Gasteiger partial charge is 0.269 e. The summed E-state index contributed by atoms with van der Waals surface area (Å²) in [7, 11) is 0. The summed E-state index contributed by atoms with van der Waals surface area (Å²) < 4.78 is 15.4. The molecule has 1 N–H and O–H groups in total. The highest BCUT2D eigenvalue weighted by Gasteiger charge is 2.33. The molecule has 6 heteroatoms. The molecule has 0 radical (unpaired) electrons. The second kappa shape index (κ2) is 7.94. The van der Waals surface area contributed by atoms with Gasteiger partial charge in [0.05, 0.1) is 16.7 Å². The number of rotatable bonds is 8. The first kappa shape index (κ1) is 18.4. The molecule has 1 aliphatic rings. The quantitative estimate of drug-likeness (QED) is 0.481. The van der Waals surface area contributed by atoms with Crippen LogP contribution in [-0.2, 0) is 19.6 Å². The first-order chi connectivity index (χ1) is 13.6. The Kier molecular flexibility index (Phi) is 5.21. The van der Waals surface area contributed by atoms with E-state index in [0.29, 0.717) is 6.04 Å². The van der Waals surface area contributed by atoms with Crippen molar-refractivity contribution in [1.82, 2.24) is 4.57 Å².